The van der Waals surface area contributed by atoms with Crippen molar-refractivity contribution in [2.75, 3.05) is 13.2 Å². The summed E-state index contributed by atoms with van der Waals surface area (Å²) in [5.41, 5.74) is 1.01. The van der Waals surface area contributed by atoms with E-state index in [4.69, 9.17) is 4.74 Å². The number of nitrogens with one attached hydrogen (secondary N) is 1. The van der Waals surface area contributed by atoms with Gasteiger partial charge in [0, 0.05) is 12.6 Å². The van der Waals surface area contributed by atoms with Crippen molar-refractivity contribution in [3.05, 3.63) is 35.6 Å². The summed E-state index contributed by atoms with van der Waals surface area (Å²) < 4.78 is 18.7. The van der Waals surface area contributed by atoms with Gasteiger partial charge in [0.05, 0.1) is 6.10 Å². The summed E-state index contributed by atoms with van der Waals surface area (Å²) in [6.07, 6.45) is 5.13. The molecule has 1 aliphatic heterocycles. The van der Waals surface area contributed by atoms with Gasteiger partial charge in [0.25, 0.3) is 0 Å². The summed E-state index contributed by atoms with van der Waals surface area (Å²) in [5.74, 6) is -0.166. The van der Waals surface area contributed by atoms with Gasteiger partial charge in [-0.05, 0) is 56.8 Å². The van der Waals surface area contributed by atoms with Gasteiger partial charge >= 0.3 is 0 Å². The largest absolute Gasteiger partial charge is 0.378 e. The zero-order valence-corrected chi connectivity index (χ0v) is 11.0. The molecule has 1 aromatic rings. The van der Waals surface area contributed by atoms with E-state index in [9.17, 15) is 4.39 Å². The molecule has 3 heteroatoms. The number of hydrogen-bond acceptors (Lipinski definition) is 2. The van der Waals surface area contributed by atoms with Crippen LogP contribution in [-0.2, 0) is 4.74 Å². The standard InChI is InChI=1S/C15H22FNO/c1-12(13-5-2-6-14(16)11-13)17-9-3-7-15-8-4-10-18-15/h2,5-6,11-12,15,17H,3-4,7-10H2,1H3. The molecule has 0 aliphatic carbocycles. The van der Waals surface area contributed by atoms with Crippen molar-refractivity contribution in [3.63, 3.8) is 0 Å². The molecule has 1 aliphatic rings. The molecule has 0 spiro atoms. The van der Waals surface area contributed by atoms with Crippen molar-refractivity contribution >= 4 is 0 Å². The van der Waals surface area contributed by atoms with Crippen molar-refractivity contribution in [1.29, 1.82) is 0 Å². The summed E-state index contributed by atoms with van der Waals surface area (Å²) in [5, 5.41) is 3.43. The van der Waals surface area contributed by atoms with E-state index in [0.29, 0.717) is 6.10 Å². The average molecular weight is 251 g/mol. The van der Waals surface area contributed by atoms with E-state index in [1.165, 1.54) is 18.9 Å². The van der Waals surface area contributed by atoms with Crippen molar-refractivity contribution < 1.29 is 9.13 Å². The minimum absolute atomic E-state index is 0.166. The van der Waals surface area contributed by atoms with Crippen LogP contribution in [0.3, 0.4) is 0 Å². The molecule has 100 valence electrons. The van der Waals surface area contributed by atoms with Gasteiger partial charge in [-0.15, -0.1) is 0 Å². The van der Waals surface area contributed by atoms with Crippen molar-refractivity contribution in [2.45, 2.75) is 44.8 Å². The lowest BCUT2D eigenvalue weighted by atomic mass is 10.1. The number of hydrogen-bond donors (Lipinski definition) is 1. The quantitative estimate of drug-likeness (QED) is 0.782. The molecule has 2 rings (SSSR count). The van der Waals surface area contributed by atoms with Crippen molar-refractivity contribution in [3.8, 4) is 0 Å². The molecule has 0 bridgehead atoms. The van der Waals surface area contributed by atoms with Crippen molar-refractivity contribution in [1.82, 2.24) is 5.32 Å². The van der Waals surface area contributed by atoms with E-state index >= 15 is 0 Å². The second-order valence-corrected chi connectivity index (χ2v) is 5.01. The Morgan fingerprint density at radius 2 is 2.39 bits per heavy atom. The molecule has 2 unspecified atom stereocenters. The summed E-state index contributed by atoms with van der Waals surface area (Å²) in [4.78, 5) is 0. The molecule has 2 nitrogen and oxygen atoms in total. The lowest BCUT2D eigenvalue weighted by Crippen LogP contribution is -2.21. The molecule has 0 aromatic heterocycles. The topological polar surface area (TPSA) is 21.3 Å². The van der Waals surface area contributed by atoms with E-state index in [-0.39, 0.29) is 11.9 Å². The lowest BCUT2D eigenvalue weighted by molar-refractivity contribution is 0.102. The first-order valence-corrected chi connectivity index (χ1v) is 6.86. The molecule has 1 saturated heterocycles. The molecule has 1 fully saturated rings. The Bertz CT molecular complexity index is 363. The highest BCUT2D eigenvalue weighted by Crippen LogP contribution is 2.17. The average Bonchev–Trinajstić information content (AvgIpc) is 2.87. The van der Waals surface area contributed by atoms with Gasteiger partial charge < -0.3 is 10.1 Å². The molecule has 1 N–H and O–H groups in total. The van der Waals surface area contributed by atoms with E-state index in [0.717, 1.165) is 31.6 Å². The Hall–Kier alpha value is -0.930. The normalized spacial score (nSPS) is 21.1. The molecule has 0 amide bonds. The molecule has 0 saturated carbocycles. The van der Waals surface area contributed by atoms with Crippen LogP contribution in [0.25, 0.3) is 0 Å². The van der Waals surface area contributed by atoms with E-state index < -0.39 is 0 Å². The number of benzene rings is 1. The molecular weight excluding hydrogens is 229 g/mol. The predicted octanol–water partition coefficient (Wildman–Crippen LogP) is 3.44. The summed E-state index contributed by atoms with van der Waals surface area (Å²) >= 11 is 0. The van der Waals surface area contributed by atoms with E-state index in [1.54, 1.807) is 12.1 Å². The Balaban J connectivity index is 1.66. The lowest BCUT2D eigenvalue weighted by Gasteiger charge is -2.15. The van der Waals surface area contributed by atoms with Gasteiger partial charge in [-0.2, -0.15) is 0 Å². The van der Waals surface area contributed by atoms with Crippen molar-refractivity contribution in [2.24, 2.45) is 0 Å². The molecule has 1 aromatic carbocycles. The van der Waals surface area contributed by atoms with Gasteiger partial charge in [0.2, 0.25) is 0 Å². The number of ether oxygens (including phenoxy) is 1. The van der Waals surface area contributed by atoms with Crippen LogP contribution in [0.2, 0.25) is 0 Å². The zero-order chi connectivity index (χ0) is 12.8. The first-order valence-electron chi connectivity index (χ1n) is 6.86. The molecular formula is C15H22FNO. The third-order valence-corrected chi connectivity index (χ3v) is 3.53. The van der Waals surface area contributed by atoms with E-state index in [2.05, 4.69) is 12.2 Å². The molecule has 0 radical (unpaired) electrons. The van der Waals surface area contributed by atoms with Crippen LogP contribution in [0.1, 0.15) is 44.2 Å². The third-order valence-electron chi connectivity index (χ3n) is 3.53. The second kappa shape index (κ2) is 6.86. The minimum Gasteiger partial charge on any atom is -0.378 e. The van der Waals surface area contributed by atoms with Crippen LogP contribution in [0, 0.1) is 5.82 Å². The number of halogens is 1. The SMILES string of the molecule is CC(NCCCC1CCCO1)c1cccc(F)c1. The fraction of sp³-hybridized carbons (Fsp3) is 0.600. The highest BCUT2D eigenvalue weighted by molar-refractivity contribution is 5.19. The van der Waals surface area contributed by atoms with Gasteiger partial charge in [0.1, 0.15) is 5.82 Å². The Morgan fingerprint density at radius 1 is 1.50 bits per heavy atom. The number of rotatable bonds is 6. The molecule has 2 atom stereocenters. The van der Waals surface area contributed by atoms with Crippen LogP contribution < -0.4 is 5.32 Å². The Morgan fingerprint density at radius 3 is 3.11 bits per heavy atom. The minimum atomic E-state index is -0.166. The van der Waals surface area contributed by atoms with Crippen LogP contribution >= 0.6 is 0 Å². The maximum Gasteiger partial charge on any atom is 0.123 e. The highest BCUT2D eigenvalue weighted by atomic mass is 19.1. The van der Waals surface area contributed by atoms with E-state index in [1.807, 2.05) is 6.07 Å². The maximum atomic E-state index is 13.1. The first kappa shape index (κ1) is 13.5. The van der Waals surface area contributed by atoms with Gasteiger partial charge in [-0.3, -0.25) is 0 Å². The Labute approximate surface area is 109 Å². The molecule has 1 heterocycles. The maximum absolute atomic E-state index is 13.1. The first-order chi connectivity index (χ1) is 8.75. The highest BCUT2D eigenvalue weighted by Gasteiger charge is 2.14. The third kappa shape index (κ3) is 4.07. The van der Waals surface area contributed by atoms with Gasteiger partial charge in [0.15, 0.2) is 0 Å². The summed E-state index contributed by atoms with van der Waals surface area (Å²) in [6, 6.07) is 6.99. The summed E-state index contributed by atoms with van der Waals surface area (Å²) in [6.45, 7) is 3.95. The monoisotopic (exact) mass is 251 g/mol. The van der Waals surface area contributed by atoms with Crippen LogP contribution in [0.4, 0.5) is 4.39 Å². The van der Waals surface area contributed by atoms with Gasteiger partial charge in [-0.1, -0.05) is 12.1 Å². The van der Waals surface area contributed by atoms with Crippen LogP contribution in [0.5, 0.6) is 0 Å². The second-order valence-electron chi connectivity index (χ2n) is 5.01. The van der Waals surface area contributed by atoms with Gasteiger partial charge in [-0.25, -0.2) is 4.39 Å². The van der Waals surface area contributed by atoms with Crippen LogP contribution in [0.15, 0.2) is 24.3 Å². The smallest absolute Gasteiger partial charge is 0.123 e. The fourth-order valence-electron chi connectivity index (χ4n) is 2.41. The fourth-order valence-corrected chi connectivity index (χ4v) is 2.41. The van der Waals surface area contributed by atoms with Crippen LogP contribution in [-0.4, -0.2) is 19.3 Å². The summed E-state index contributed by atoms with van der Waals surface area (Å²) in [7, 11) is 0. The zero-order valence-electron chi connectivity index (χ0n) is 11.0. The molecule has 18 heavy (non-hydrogen) atoms. The predicted molar refractivity (Wildman–Crippen MR) is 71.0 cm³/mol. The Kier molecular flexibility index (Phi) is 5.14.